The fourth-order valence-corrected chi connectivity index (χ4v) is 6.61. The van der Waals surface area contributed by atoms with Gasteiger partial charge in [-0.05, 0) is 54.4 Å². The Morgan fingerprint density at radius 3 is 2.57 bits per heavy atom. The van der Waals surface area contributed by atoms with Crippen molar-refractivity contribution < 1.29 is 14.3 Å². The van der Waals surface area contributed by atoms with Crippen LogP contribution < -0.4 is 5.32 Å². The van der Waals surface area contributed by atoms with Crippen LogP contribution in [-0.4, -0.2) is 24.0 Å². The average molecular weight is 533 g/mol. The lowest BCUT2D eigenvalue weighted by Crippen LogP contribution is -2.26. The standard InChI is InChI=1S/C30H29ClN2O3S/c1-30(2,3)17-13-14-20-25(15-17)37-28(26(20)29(35)36-4)33-27(34)21-16-24(19-10-5-7-11-22(19)31)32-23-12-8-6-9-18(21)23/h5-12,16-17H,13-15H2,1-4H3,(H,33,34)/t17-/m0/s1. The van der Waals surface area contributed by atoms with Crippen molar-refractivity contribution in [2.24, 2.45) is 11.3 Å². The lowest BCUT2D eigenvalue weighted by Gasteiger charge is -2.33. The fourth-order valence-electron chi connectivity index (χ4n) is 5.07. The number of anilines is 1. The van der Waals surface area contributed by atoms with E-state index < -0.39 is 5.97 Å². The first-order chi connectivity index (χ1) is 17.7. The largest absolute Gasteiger partial charge is 0.465 e. The van der Waals surface area contributed by atoms with Crippen molar-refractivity contribution in [3.05, 3.63) is 81.2 Å². The van der Waals surface area contributed by atoms with E-state index >= 15 is 0 Å². The summed E-state index contributed by atoms with van der Waals surface area (Å²) in [4.78, 5) is 32.6. The van der Waals surface area contributed by atoms with Gasteiger partial charge in [0.2, 0.25) is 0 Å². The number of methoxy groups -OCH3 is 1. The smallest absolute Gasteiger partial charge is 0.341 e. The van der Waals surface area contributed by atoms with Gasteiger partial charge in [0.05, 0.1) is 29.4 Å². The molecule has 0 radical (unpaired) electrons. The Bertz CT molecular complexity index is 1520. The number of hydrogen-bond acceptors (Lipinski definition) is 5. The second kappa shape index (κ2) is 9.92. The number of halogens is 1. The number of benzene rings is 2. The number of nitrogens with one attached hydrogen (secondary N) is 1. The Morgan fingerprint density at radius 1 is 1.11 bits per heavy atom. The molecule has 0 unspecified atom stereocenters. The molecule has 1 aliphatic rings. The SMILES string of the molecule is COC(=O)c1c(NC(=O)c2cc(-c3ccccc3Cl)nc3ccccc23)sc2c1CC[C@H](C(C)(C)C)C2. The number of amides is 1. The maximum absolute atomic E-state index is 13.8. The zero-order chi connectivity index (χ0) is 26.3. The molecule has 190 valence electrons. The molecule has 0 aliphatic heterocycles. The number of ether oxygens (including phenoxy) is 1. The van der Waals surface area contributed by atoms with Gasteiger partial charge in [0.15, 0.2) is 0 Å². The van der Waals surface area contributed by atoms with E-state index in [-0.39, 0.29) is 11.3 Å². The first-order valence-corrected chi connectivity index (χ1v) is 13.6. The Labute approximate surface area is 225 Å². The van der Waals surface area contributed by atoms with Gasteiger partial charge >= 0.3 is 5.97 Å². The number of hydrogen-bond donors (Lipinski definition) is 1. The highest BCUT2D eigenvalue weighted by Gasteiger charge is 2.34. The molecule has 5 rings (SSSR count). The molecular weight excluding hydrogens is 504 g/mol. The van der Waals surface area contributed by atoms with E-state index in [2.05, 4.69) is 26.1 Å². The van der Waals surface area contributed by atoms with Gasteiger partial charge in [-0.15, -0.1) is 11.3 Å². The fraction of sp³-hybridized carbons (Fsp3) is 0.300. The second-order valence-electron chi connectivity index (χ2n) is 10.5. The van der Waals surface area contributed by atoms with Gasteiger partial charge in [-0.25, -0.2) is 9.78 Å². The predicted molar refractivity (Wildman–Crippen MR) is 151 cm³/mol. The Kier molecular flexibility index (Phi) is 6.82. The van der Waals surface area contributed by atoms with Crippen LogP contribution in [0.2, 0.25) is 5.02 Å². The summed E-state index contributed by atoms with van der Waals surface area (Å²) in [6.07, 6.45) is 2.68. The Hall–Kier alpha value is -3.22. The van der Waals surface area contributed by atoms with Crippen molar-refractivity contribution in [2.75, 3.05) is 12.4 Å². The first kappa shape index (κ1) is 25.4. The third kappa shape index (κ3) is 4.88. The summed E-state index contributed by atoms with van der Waals surface area (Å²) in [5.74, 6) is -0.212. The van der Waals surface area contributed by atoms with Crippen LogP contribution in [0.5, 0.6) is 0 Å². The molecule has 2 heterocycles. The Balaban J connectivity index is 1.57. The predicted octanol–water partition coefficient (Wildman–Crippen LogP) is 7.81. The molecular formula is C30H29ClN2O3S. The highest BCUT2D eigenvalue weighted by Crippen LogP contribution is 2.44. The zero-order valence-corrected chi connectivity index (χ0v) is 22.9. The van der Waals surface area contributed by atoms with Gasteiger partial charge in [-0.2, -0.15) is 0 Å². The topological polar surface area (TPSA) is 68.3 Å². The summed E-state index contributed by atoms with van der Waals surface area (Å²) < 4.78 is 5.13. The average Bonchev–Trinajstić information content (AvgIpc) is 3.24. The summed E-state index contributed by atoms with van der Waals surface area (Å²) in [6, 6.07) is 16.7. The molecule has 5 nitrogen and oxygen atoms in total. The van der Waals surface area contributed by atoms with Gasteiger partial charge in [0.1, 0.15) is 5.00 Å². The normalized spacial score (nSPS) is 15.3. The van der Waals surface area contributed by atoms with Crippen molar-refractivity contribution in [2.45, 2.75) is 40.0 Å². The van der Waals surface area contributed by atoms with Crippen molar-refractivity contribution in [3.8, 4) is 11.3 Å². The number of thiophene rings is 1. The molecule has 4 aromatic rings. The van der Waals surface area contributed by atoms with E-state index in [0.717, 1.165) is 40.7 Å². The Morgan fingerprint density at radius 2 is 1.84 bits per heavy atom. The van der Waals surface area contributed by atoms with E-state index in [1.165, 1.54) is 18.4 Å². The number of para-hydroxylation sites is 1. The summed E-state index contributed by atoms with van der Waals surface area (Å²) in [5.41, 5.74) is 4.17. The van der Waals surface area contributed by atoms with Crippen LogP contribution in [0.4, 0.5) is 5.00 Å². The van der Waals surface area contributed by atoms with Crippen molar-refractivity contribution in [3.63, 3.8) is 0 Å². The molecule has 0 fully saturated rings. The molecule has 2 aromatic heterocycles. The maximum atomic E-state index is 13.8. The first-order valence-electron chi connectivity index (χ1n) is 12.4. The number of carbonyl (C=O) groups is 2. The highest BCUT2D eigenvalue weighted by atomic mass is 35.5. The molecule has 1 amide bonds. The van der Waals surface area contributed by atoms with Crippen LogP contribution in [-0.2, 0) is 17.6 Å². The van der Waals surface area contributed by atoms with Gasteiger partial charge in [-0.1, -0.05) is 68.8 Å². The van der Waals surface area contributed by atoms with Crippen LogP contribution in [0, 0.1) is 11.3 Å². The minimum absolute atomic E-state index is 0.168. The minimum Gasteiger partial charge on any atom is -0.465 e. The van der Waals surface area contributed by atoms with E-state index in [0.29, 0.717) is 38.3 Å². The second-order valence-corrected chi connectivity index (χ2v) is 12.0. The molecule has 1 aliphatic carbocycles. The van der Waals surface area contributed by atoms with Crippen LogP contribution >= 0.6 is 22.9 Å². The molecule has 1 atom stereocenters. The monoisotopic (exact) mass is 532 g/mol. The molecule has 0 bridgehead atoms. The molecule has 0 saturated carbocycles. The van der Waals surface area contributed by atoms with Crippen molar-refractivity contribution in [1.82, 2.24) is 4.98 Å². The van der Waals surface area contributed by atoms with E-state index in [1.54, 1.807) is 12.1 Å². The van der Waals surface area contributed by atoms with E-state index in [1.807, 2.05) is 42.5 Å². The van der Waals surface area contributed by atoms with Crippen molar-refractivity contribution in [1.29, 1.82) is 0 Å². The third-order valence-electron chi connectivity index (χ3n) is 7.22. The number of rotatable bonds is 4. The highest BCUT2D eigenvalue weighted by molar-refractivity contribution is 7.17. The molecule has 0 saturated heterocycles. The van der Waals surface area contributed by atoms with Gasteiger partial charge in [-0.3, -0.25) is 4.79 Å². The quantitative estimate of drug-likeness (QED) is 0.272. The van der Waals surface area contributed by atoms with Crippen molar-refractivity contribution >= 4 is 50.7 Å². The molecule has 1 N–H and O–H groups in total. The summed E-state index contributed by atoms with van der Waals surface area (Å²) in [6.45, 7) is 6.77. The van der Waals surface area contributed by atoms with Crippen LogP contribution in [0.15, 0.2) is 54.6 Å². The lowest BCUT2D eigenvalue weighted by molar-refractivity contribution is 0.0600. The number of esters is 1. The van der Waals surface area contributed by atoms with Crippen LogP contribution in [0.25, 0.3) is 22.2 Å². The van der Waals surface area contributed by atoms with Gasteiger partial charge in [0, 0.05) is 20.8 Å². The molecule has 0 spiro atoms. The van der Waals surface area contributed by atoms with E-state index in [9.17, 15) is 9.59 Å². The molecule has 7 heteroatoms. The summed E-state index contributed by atoms with van der Waals surface area (Å²) in [7, 11) is 1.38. The van der Waals surface area contributed by atoms with Gasteiger partial charge in [0.25, 0.3) is 5.91 Å². The number of carbonyl (C=O) groups excluding carboxylic acids is 2. The lowest BCUT2D eigenvalue weighted by atomic mass is 9.72. The minimum atomic E-state index is -0.418. The molecule has 2 aromatic carbocycles. The number of nitrogens with zero attached hydrogens (tertiary/aromatic N) is 1. The number of aromatic nitrogens is 1. The van der Waals surface area contributed by atoms with Crippen LogP contribution in [0.1, 0.15) is 58.3 Å². The number of pyridine rings is 1. The zero-order valence-electron chi connectivity index (χ0n) is 21.4. The molecule has 37 heavy (non-hydrogen) atoms. The van der Waals surface area contributed by atoms with E-state index in [4.69, 9.17) is 21.3 Å². The van der Waals surface area contributed by atoms with Gasteiger partial charge < -0.3 is 10.1 Å². The van der Waals surface area contributed by atoms with Crippen LogP contribution in [0.3, 0.4) is 0 Å². The third-order valence-corrected chi connectivity index (χ3v) is 8.72. The summed E-state index contributed by atoms with van der Waals surface area (Å²) >= 11 is 7.94. The number of fused-ring (bicyclic) bond motifs is 2. The maximum Gasteiger partial charge on any atom is 0.341 e. The summed E-state index contributed by atoms with van der Waals surface area (Å²) in [5, 5.41) is 4.88.